The molecule has 2 aromatic carbocycles. The number of nitrogens with one attached hydrogen (secondary N) is 1. The van der Waals surface area contributed by atoms with E-state index in [4.69, 9.17) is 25.1 Å². The number of halogens is 1. The van der Waals surface area contributed by atoms with Crippen molar-refractivity contribution in [2.45, 2.75) is 38.3 Å². The Morgan fingerprint density at radius 2 is 2.00 bits per heavy atom. The third kappa shape index (κ3) is 5.65. The summed E-state index contributed by atoms with van der Waals surface area (Å²) >= 11 is 0. The predicted octanol–water partition coefficient (Wildman–Crippen LogP) is 3.88. The van der Waals surface area contributed by atoms with E-state index in [2.05, 4.69) is 5.16 Å². The van der Waals surface area contributed by atoms with Crippen molar-refractivity contribution in [2.75, 3.05) is 32.6 Å². The Morgan fingerprint density at radius 1 is 1.27 bits per heavy atom. The Balaban J connectivity index is 1.49. The number of nitrogens with two attached hydrogens (primary N) is 1. The number of ether oxygens (including phenoxy) is 2. The Hall–Kier alpha value is -3.76. The molecular formula is C27H31FN4O5. The zero-order chi connectivity index (χ0) is 26.7. The summed E-state index contributed by atoms with van der Waals surface area (Å²) in [5, 5.41) is 22.9. The zero-order valence-electron chi connectivity index (χ0n) is 21.1. The molecular weight excluding hydrogens is 479 g/mol. The molecule has 37 heavy (non-hydrogen) atoms. The molecule has 1 amide bonds. The van der Waals surface area contributed by atoms with Crippen molar-refractivity contribution in [3.05, 3.63) is 65.2 Å². The SMILES string of the molecule is COCCOc1cc(N)c(C(=N)c2cc(-c3ccc(C(=O)N4CCC[C@H]4C(C)(C)O)cc3)no2)cc1F. The normalized spacial score (nSPS) is 15.7. The van der Waals surface area contributed by atoms with Gasteiger partial charge >= 0.3 is 0 Å². The summed E-state index contributed by atoms with van der Waals surface area (Å²) in [7, 11) is 1.51. The molecule has 0 unspecified atom stereocenters. The lowest BCUT2D eigenvalue weighted by molar-refractivity contribution is 0.000337. The second-order valence-electron chi connectivity index (χ2n) is 9.55. The van der Waals surface area contributed by atoms with Crippen LogP contribution in [0, 0.1) is 11.2 Å². The van der Waals surface area contributed by atoms with Gasteiger partial charge in [0, 0.05) is 48.2 Å². The molecule has 1 aliphatic heterocycles. The van der Waals surface area contributed by atoms with Crippen LogP contribution >= 0.6 is 0 Å². The lowest BCUT2D eigenvalue weighted by atomic mass is 9.96. The third-order valence-corrected chi connectivity index (χ3v) is 6.43. The number of amides is 1. The highest BCUT2D eigenvalue weighted by atomic mass is 19.1. The summed E-state index contributed by atoms with van der Waals surface area (Å²) in [5.41, 5.74) is 6.89. The van der Waals surface area contributed by atoms with Gasteiger partial charge in [0.15, 0.2) is 17.3 Å². The fourth-order valence-electron chi connectivity index (χ4n) is 4.49. The maximum Gasteiger partial charge on any atom is 0.254 e. The molecule has 10 heteroatoms. The first-order valence-electron chi connectivity index (χ1n) is 12.0. The van der Waals surface area contributed by atoms with Crippen LogP contribution < -0.4 is 10.5 Å². The van der Waals surface area contributed by atoms with E-state index in [1.165, 1.54) is 13.2 Å². The molecule has 1 atom stereocenters. The number of hydrogen-bond acceptors (Lipinski definition) is 8. The summed E-state index contributed by atoms with van der Waals surface area (Å²) in [4.78, 5) is 14.8. The maximum absolute atomic E-state index is 14.5. The van der Waals surface area contributed by atoms with Crippen molar-refractivity contribution < 1.29 is 28.3 Å². The number of methoxy groups -OCH3 is 1. The van der Waals surface area contributed by atoms with E-state index in [0.717, 1.165) is 18.9 Å². The molecule has 9 nitrogen and oxygen atoms in total. The fourth-order valence-corrected chi connectivity index (χ4v) is 4.49. The molecule has 1 fully saturated rings. The number of benzene rings is 2. The van der Waals surface area contributed by atoms with E-state index >= 15 is 0 Å². The molecule has 0 saturated carbocycles. The van der Waals surface area contributed by atoms with Crippen molar-refractivity contribution in [2.24, 2.45) is 0 Å². The topological polar surface area (TPSA) is 135 Å². The number of aliphatic hydroxyl groups is 1. The minimum absolute atomic E-state index is 0.0261. The van der Waals surface area contributed by atoms with Gasteiger partial charge in [0.2, 0.25) is 0 Å². The van der Waals surface area contributed by atoms with Crippen LogP contribution in [-0.4, -0.2) is 65.3 Å². The molecule has 0 spiro atoms. The van der Waals surface area contributed by atoms with Gasteiger partial charge in [-0.15, -0.1) is 0 Å². The monoisotopic (exact) mass is 510 g/mol. The lowest BCUT2D eigenvalue weighted by Crippen LogP contribution is -2.48. The largest absolute Gasteiger partial charge is 0.488 e. The number of rotatable bonds is 9. The first-order chi connectivity index (χ1) is 17.6. The molecule has 1 aromatic heterocycles. The molecule has 4 N–H and O–H groups in total. The summed E-state index contributed by atoms with van der Waals surface area (Å²) in [6.45, 7) is 4.51. The van der Waals surface area contributed by atoms with Crippen molar-refractivity contribution in [1.82, 2.24) is 10.1 Å². The Bertz CT molecular complexity index is 1280. The second kappa shape index (κ2) is 10.7. The number of nitrogen functional groups attached to an aromatic ring is 1. The molecule has 0 radical (unpaired) electrons. The van der Waals surface area contributed by atoms with E-state index in [1.807, 2.05) is 0 Å². The van der Waals surface area contributed by atoms with Crippen LogP contribution in [0.3, 0.4) is 0 Å². The average Bonchev–Trinajstić information content (AvgIpc) is 3.56. The summed E-state index contributed by atoms with van der Waals surface area (Å²) in [6, 6.07) is 10.7. The number of anilines is 1. The highest BCUT2D eigenvalue weighted by Gasteiger charge is 2.38. The second-order valence-corrected chi connectivity index (χ2v) is 9.55. The molecule has 2 heterocycles. The van der Waals surface area contributed by atoms with E-state index in [1.54, 1.807) is 49.1 Å². The predicted molar refractivity (Wildman–Crippen MR) is 136 cm³/mol. The first kappa shape index (κ1) is 26.3. The van der Waals surface area contributed by atoms with Crippen LogP contribution in [0.2, 0.25) is 0 Å². The smallest absolute Gasteiger partial charge is 0.254 e. The molecule has 0 bridgehead atoms. The van der Waals surface area contributed by atoms with Crippen LogP contribution in [0.5, 0.6) is 5.75 Å². The quantitative estimate of drug-likeness (QED) is 0.226. The van der Waals surface area contributed by atoms with Crippen molar-refractivity contribution in [3.8, 4) is 17.0 Å². The van der Waals surface area contributed by atoms with E-state index in [-0.39, 0.29) is 47.0 Å². The van der Waals surface area contributed by atoms with Gasteiger partial charge in [-0.25, -0.2) is 4.39 Å². The van der Waals surface area contributed by atoms with Crippen LogP contribution in [0.15, 0.2) is 47.0 Å². The Kier molecular flexibility index (Phi) is 7.60. The molecule has 196 valence electrons. The summed E-state index contributed by atoms with van der Waals surface area (Å²) < 4.78 is 30.1. The van der Waals surface area contributed by atoms with E-state index < -0.39 is 11.4 Å². The highest BCUT2D eigenvalue weighted by molar-refractivity contribution is 6.12. The van der Waals surface area contributed by atoms with Gasteiger partial charge in [0.1, 0.15) is 18.0 Å². The van der Waals surface area contributed by atoms with Crippen molar-refractivity contribution >= 4 is 17.3 Å². The Morgan fingerprint density at radius 3 is 2.68 bits per heavy atom. The third-order valence-electron chi connectivity index (χ3n) is 6.43. The highest BCUT2D eigenvalue weighted by Crippen LogP contribution is 2.30. The molecule has 4 rings (SSSR count). The van der Waals surface area contributed by atoms with Crippen molar-refractivity contribution in [1.29, 1.82) is 5.41 Å². The van der Waals surface area contributed by atoms with Crippen LogP contribution in [0.25, 0.3) is 11.3 Å². The van der Waals surface area contributed by atoms with Gasteiger partial charge in [-0.1, -0.05) is 17.3 Å². The lowest BCUT2D eigenvalue weighted by Gasteiger charge is -2.33. The van der Waals surface area contributed by atoms with Crippen LogP contribution in [-0.2, 0) is 4.74 Å². The molecule has 1 saturated heterocycles. The molecule has 0 aliphatic carbocycles. The summed E-state index contributed by atoms with van der Waals surface area (Å²) in [5.74, 6) is -0.706. The van der Waals surface area contributed by atoms with E-state index in [0.29, 0.717) is 30.0 Å². The van der Waals surface area contributed by atoms with Crippen LogP contribution in [0.4, 0.5) is 10.1 Å². The van der Waals surface area contributed by atoms with Crippen molar-refractivity contribution in [3.63, 3.8) is 0 Å². The number of carbonyl (C=O) groups is 1. The molecule has 3 aromatic rings. The number of aromatic nitrogens is 1. The van der Waals surface area contributed by atoms with Gasteiger partial charge in [0.05, 0.1) is 18.2 Å². The maximum atomic E-state index is 14.5. The molecule has 1 aliphatic rings. The fraction of sp³-hybridized carbons (Fsp3) is 0.370. The van der Waals surface area contributed by atoms with Gasteiger partial charge in [-0.2, -0.15) is 0 Å². The Labute approximate surface area is 214 Å². The van der Waals surface area contributed by atoms with Gasteiger partial charge < -0.3 is 29.7 Å². The number of carbonyl (C=O) groups excluding carboxylic acids is 1. The van der Waals surface area contributed by atoms with E-state index in [9.17, 15) is 14.3 Å². The summed E-state index contributed by atoms with van der Waals surface area (Å²) in [6.07, 6.45) is 1.61. The van der Waals surface area contributed by atoms with Gasteiger partial charge in [-0.3, -0.25) is 10.2 Å². The van der Waals surface area contributed by atoms with Gasteiger partial charge in [0.25, 0.3) is 5.91 Å². The first-order valence-corrected chi connectivity index (χ1v) is 12.0. The zero-order valence-corrected chi connectivity index (χ0v) is 21.1. The standard InChI is InChI=1S/C27H31FN4O5/c1-27(2,34)24-5-4-10-32(24)26(33)17-8-6-16(7-9-17)21-15-23(37-31-21)25(30)18-13-19(28)22(14-20(18)29)36-12-11-35-3/h6-9,13-15,24,30,34H,4-5,10-12,29H2,1-3H3/t24-/m0/s1. The average molecular weight is 511 g/mol. The number of hydrogen-bond donors (Lipinski definition) is 3. The minimum atomic E-state index is -0.975. The van der Waals surface area contributed by atoms with Crippen LogP contribution in [0.1, 0.15) is 48.4 Å². The minimum Gasteiger partial charge on any atom is -0.488 e. The number of likely N-dealkylation sites (tertiary alicyclic amines) is 1. The number of nitrogens with zero attached hydrogens (tertiary/aromatic N) is 2. The van der Waals surface area contributed by atoms with Gasteiger partial charge in [-0.05, 0) is 44.9 Å².